The van der Waals surface area contributed by atoms with E-state index < -0.39 is 11.7 Å². The van der Waals surface area contributed by atoms with Gasteiger partial charge in [0.1, 0.15) is 5.60 Å². The number of aliphatic hydroxyl groups excluding tert-OH is 1. The molecule has 9 nitrogen and oxygen atoms in total. The number of nitrogens with zero attached hydrogens (tertiary/aromatic N) is 3. The summed E-state index contributed by atoms with van der Waals surface area (Å²) >= 11 is 0. The zero-order valence-corrected chi connectivity index (χ0v) is 15.9. The Kier molecular flexibility index (Phi) is 6.60. The molecule has 2 amide bonds. The zero-order valence-electron chi connectivity index (χ0n) is 15.9. The molecule has 1 aliphatic rings. The molecule has 0 atom stereocenters. The molecule has 1 aromatic rings. The quantitative estimate of drug-likeness (QED) is 0.707. The Balaban J connectivity index is 2.04. The zero-order chi connectivity index (χ0) is 19.3. The summed E-state index contributed by atoms with van der Waals surface area (Å²) < 4.78 is 12.2. The van der Waals surface area contributed by atoms with Crippen molar-refractivity contribution < 1.29 is 24.2 Å². The van der Waals surface area contributed by atoms with Crippen LogP contribution < -0.4 is 5.32 Å². The topological polar surface area (TPSA) is 106 Å². The summed E-state index contributed by atoms with van der Waals surface area (Å²) in [5.74, 6) is -0.305. The van der Waals surface area contributed by atoms with Crippen LogP contribution in [0.2, 0.25) is 0 Å². The van der Waals surface area contributed by atoms with Gasteiger partial charge in [0.05, 0.1) is 26.4 Å². The molecule has 9 heteroatoms. The first kappa shape index (κ1) is 20.2. The summed E-state index contributed by atoms with van der Waals surface area (Å²) in [5.41, 5.74) is 1.45. The highest BCUT2D eigenvalue weighted by Crippen LogP contribution is 2.23. The molecule has 0 aliphatic carbocycles. The maximum atomic E-state index is 12.4. The summed E-state index contributed by atoms with van der Waals surface area (Å²) in [5, 5.41) is 15.7. The molecule has 0 radical (unpaired) electrons. The van der Waals surface area contributed by atoms with Gasteiger partial charge >= 0.3 is 6.09 Å². The third-order valence-corrected chi connectivity index (χ3v) is 3.88. The van der Waals surface area contributed by atoms with Gasteiger partial charge in [-0.05, 0) is 20.8 Å². The Morgan fingerprint density at radius 3 is 2.69 bits per heavy atom. The van der Waals surface area contributed by atoms with Crippen molar-refractivity contribution >= 4 is 12.0 Å². The molecule has 0 spiro atoms. The van der Waals surface area contributed by atoms with Crippen molar-refractivity contribution in [3.8, 4) is 0 Å². The largest absolute Gasteiger partial charge is 0.444 e. The van der Waals surface area contributed by atoms with Crippen LogP contribution in [0.3, 0.4) is 0 Å². The number of hydrogen-bond acceptors (Lipinski definition) is 6. The number of rotatable bonds is 6. The smallest absolute Gasteiger partial charge is 0.410 e. The first-order valence-electron chi connectivity index (χ1n) is 8.72. The number of amides is 2. The normalized spacial score (nSPS) is 14.1. The van der Waals surface area contributed by atoms with Gasteiger partial charge in [0.15, 0.2) is 5.69 Å². The minimum absolute atomic E-state index is 0.0534. The van der Waals surface area contributed by atoms with Crippen LogP contribution in [-0.2, 0) is 29.5 Å². The van der Waals surface area contributed by atoms with Gasteiger partial charge in [0.2, 0.25) is 0 Å². The van der Waals surface area contributed by atoms with Gasteiger partial charge < -0.3 is 24.8 Å². The van der Waals surface area contributed by atoms with Crippen LogP contribution in [0.4, 0.5) is 4.79 Å². The number of aromatic nitrogens is 2. The fourth-order valence-corrected chi connectivity index (χ4v) is 2.74. The summed E-state index contributed by atoms with van der Waals surface area (Å²) in [4.78, 5) is 26.4. The van der Waals surface area contributed by atoms with E-state index in [1.54, 1.807) is 16.6 Å². The van der Waals surface area contributed by atoms with E-state index in [0.717, 1.165) is 11.3 Å². The van der Waals surface area contributed by atoms with Crippen molar-refractivity contribution in [3.05, 3.63) is 17.0 Å². The number of fused-ring (bicyclic) bond motifs is 1. The highest BCUT2D eigenvalue weighted by Gasteiger charge is 2.31. The molecule has 0 unspecified atom stereocenters. The van der Waals surface area contributed by atoms with E-state index in [1.807, 2.05) is 20.8 Å². The van der Waals surface area contributed by atoms with Crippen LogP contribution in [0.1, 0.15) is 42.5 Å². The monoisotopic (exact) mass is 368 g/mol. The van der Waals surface area contributed by atoms with Gasteiger partial charge in [0.25, 0.3) is 5.91 Å². The number of carbonyl (C=O) groups excluding carboxylic acids is 2. The van der Waals surface area contributed by atoms with Gasteiger partial charge in [-0.2, -0.15) is 5.10 Å². The van der Waals surface area contributed by atoms with E-state index in [0.29, 0.717) is 38.4 Å². The van der Waals surface area contributed by atoms with Crippen LogP contribution in [-0.4, -0.2) is 70.3 Å². The summed E-state index contributed by atoms with van der Waals surface area (Å²) in [7, 11) is 1.79. The maximum absolute atomic E-state index is 12.4. The summed E-state index contributed by atoms with van der Waals surface area (Å²) in [6.45, 7) is 7.10. The molecule has 26 heavy (non-hydrogen) atoms. The first-order chi connectivity index (χ1) is 12.2. The van der Waals surface area contributed by atoms with Crippen LogP contribution in [0.15, 0.2) is 0 Å². The predicted molar refractivity (Wildman–Crippen MR) is 93.8 cm³/mol. The molecule has 146 valence electrons. The van der Waals surface area contributed by atoms with Crippen molar-refractivity contribution in [2.75, 3.05) is 32.9 Å². The molecule has 2 N–H and O–H groups in total. The standard InChI is InChI=1S/C17H28N4O5/c1-17(2,3)26-16(24)21-7-5-13-12(11-21)14(19-20(13)4)15(23)18-6-9-25-10-8-22/h22H,5-11H2,1-4H3,(H,18,23). The fraction of sp³-hybridized carbons (Fsp3) is 0.706. The lowest BCUT2D eigenvalue weighted by atomic mass is 10.1. The number of aryl methyl sites for hydroxylation is 1. The van der Waals surface area contributed by atoms with Gasteiger partial charge in [-0.3, -0.25) is 9.48 Å². The number of ether oxygens (including phenoxy) is 2. The van der Waals surface area contributed by atoms with Crippen molar-refractivity contribution in [1.29, 1.82) is 0 Å². The van der Waals surface area contributed by atoms with Gasteiger partial charge in [0, 0.05) is 37.8 Å². The molecule has 2 heterocycles. The molecule has 0 bridgehead atoms. The van der Waals surface area contributed by atoms with E-state index >= 15 is 0 Å². The molecule has 1 aliphatic heterocycles. The van der Waals surface area contributed by atoms with E-state index in [-0.39, 0.29) is 19.1 Å². The second kappa shape index (κ2) is 8.50. The molecular formula is C17H28N4O5. The average molecular weight is 368 g/mol. The van der Waals surface area contributed by atoms with Gasteiger partial charge in [-0.15, -0.1) is 0 Å². The van der Waals surface area contributed by atoms with E-state index in [2.05, 4.69) is 10.4 Å². The Bertz CT molecular complexity index is 650. The number of hydrogen-bond donors (Lipinski definition) is 2. The lowest BCUT2D eigenvalue weighted by molar-refractivity contribution is 0.0221. The first-order valence-corrected chi connectivity index (χ1v) is 8.72. The van der Waals surface area contributed by atoms with E-state index in [9.17, 15) is 9.59 Å². The highest BCUT2D eigenvalue weighted by atomic mass is 16.6. The van der Waals surface area contributed by atoms with Crippen LogP contribution >= 0.6 is 0 Å². The molecule has 2 rings (SSSR count). The van der Waals surface area contributed by atoms with Crippen molar-refractivity contribution in [3.63, 3.8) is 0 Å². The lowest BCUT2D eigenvalue weighted by Gasteiger charge is -2.30. The Hall–Kier alpha value is -2.13. The molecule has 0 aromatic carbocycles. The van der Waals surface area contributed by atoms with Gasteiger partial charge in [-0.1, -0.05) is 0 Å². The summed E-state index contributed by atoms with van der Waals surface area (Å²) in [6.07, 6.45) is 0.223. The maximum Gasteiger partial charge on any atom is 0.410 e. The second-order valence-electron chi connectivity index (χ2n) is 7.14. The van der Waals surface area contributed by atoms with E-state index in [1.165, 1.54) is 0 Å². The predicted octanol–water partition coefficient (Wildman–Crippen LogP) is 0.452. The molecule has 0 fully saturated rings. The summed E-state index contributed by atoms with van der Waals surface area (Å²) in [6, 6.07) is 0. The number of nitrogens with one attached hydrogen (secondary N) is 1. The van der Waals surface area contributed by atoms with Crippen LogP contribution in [0.25, 0.3) is 0 Å². The Morgan fingerprint density at radius 1 is 1.31 bits per heavy atom. The third-order valence-electron chi connectivity index (χ3n) is 3.88. The number of carbonyl (C=O) groups is 2. The van der Waals surface area contributed by atoms with Gasteiger partial charge in [-0.25, -0.2) is 4.79 Å². The second-order valence-corrected chi connectivity index (χ2v) is 7.14. The Morgan fingerprint density at radius 2 is 2.04 bits per heavy atom. The van der Waals surface area contributed by atoms with E-state index in [4.69, 9.17) is 14.6 Å². The van der Waals surface area contributed by atoms with Crippen LogP contribution in [0, 0.1) is 0 Å². The SMILES string of the molecule is Cn1nc(C(=O)NCCOCCO)c2c1CCN(C(=O)OC(C)(C)C)C2. The minimum atomic E-state index is -0.568. The third kappa shape index (κ3) is 5.18. The van der Waals surface area contributed by atoms with Crippen LogP contribution in [0.5, 0.6) is 0 Å². The number of aliphatic hydroxyl groups is 1. The minimum Gasteiger partial charge on any atom is -0.444 e. The molecule has 1 aromatic heterocycles. The Labute approximate surface area is 153 Å². The fourth-order valence-electron chi connectivity index (χ4n) is 2.74. The molecule has 0 saturated heterocycles. The highest BCUT2D eigenvalue weighted by molar-refractivity contribution is 5.94. The molecule has 0 saturated carbocycles. The lowest BCUT2D eigenvalue weighted by Crippen LogP contribution is -2.40. The van der Waals surface area contributed by atoms with Crippen molar-refractivity contribution in [1.82, 2.24) is 20.0 Å². The molecular weight excluding hydrogens is 340 g/mol. The average Bonchev–Trinajstić information content (AvgIpc) is 2.89. The van der Waals surface area contributed by atoms with Crippen molar-refractivity contribution in [2.24, 2.45) is 7.05 Å². The van der Waals surface area contributed by atoms with Crippen molar-refractivity contribution in [2.45, 2.75) is 39.3 Å².